The van der Waals surface area contributed by atoms with E-state index < -0.39 is 5.54 Å². The van der Waals surface area contributed by atoms with E-state index in [0.717, 1.165) is 25.7 Å². The number of rotatable bonds is 4. The van der Waals surface area contributed by atoms with Crippen LogP contribution in [0.15, 0.2) is 6.07 Å². The maximum absolute atomic E-state index is 13.0. The standard InChI is InChI=1S/C17H25N5O3/c1-4-21-15(24)13-9-12(14(23)18-3)20-22(13)10-17(21,2)16(25)19-11-7-5-6-8-11/h9,11H,4-8,10H2,1-3H3,(H,18,23)(H,19,25)/t17-/m0/s1. The van der Waals surface area contributed by atoms with Gasteiger partial charge in [-0.05, 0) is 26.7 Å². The molecule has 3 rings (SSSR count). The van der Waals surface area contributed by atoms with Crippen molar-refractivity contribution in [3.8, 4) is 0 Å². The first-order valence-electron chi connectivity index (χ1n) is 8.83. The van der Waals surface area contributed by atoms with Gasteiger partial charge in [-0.3, -0.25) is 19.1 Å². The number of hydrogen-bond acceptors (Lipinski definition) is 4. The minimum atomic E-state index is -1.02. The number of nitrogens with zero attached hydrogens (tertiary/aromatic N) is 3. The van der Waals surface area contributed by atoms with Crippen LogP contribution in [0.25, 0.3) is 0 Å². The number of fused-ring (bicyclic) bond motifs is 1. The van der Waals surface area contributed by atoms with E-state index in [0.29, 0.717) is 12.2 Å². The van der Waals surface area contributed by atoms with Crippen LogP contribution >= 0.6 is 0 Å². The molecule has 0 aromatic carbocycles. The van der Waals surface area contributed by atoms with E-state index in [9.17, 15) is 14.4 Å². The molecule has 3 amide bonds. The van der Waals surface area contributed by atoms with Gasteiger partial charge in [-0.25, -0.2) is 0 Å². The number of carbonyl (C=O) groups excluding carboxylic acids is 3. The fourth-order valence-corrected chi connectivity index (χ4v) is 3.79. The number of hydrogen-bond donors (Lipinski definition) is 2. The second-order valence-electron chi connectivity index (χ2n) is 6.93. The van der Waals surface area contributed by atoms with Gasteiger partial charge < -0.3 is 15.5 Å². The van der Waals surface area contributed by atoms with Crippen LogP contribution in [-0.2, 0) is 11.3 Å². The Morgan fingerprint density at radius 1 is 1.36 bits per heavy atom. The minimum Gasteiger partial charge on any atom is -0.354 e. The van der Waals surface area contributed by atoms with Gasteiger partial charge in [-0.1, -0.05) is 12.8 Å². The summed E-state index contributed by atoms with van der Waals surface area (Å²) in [5, 5.41) is 9.82. The van der Waals surface area contributed by atoms with Gasteiger partial charge >= 0.3 is 0 Å². The highest BCUT2D eigenvalue weighted by Gasteiger charge is 2.48. The Hall–Kier alpha value is -2.38. The van der Waals surface area contributed by atoms with Crippen LogP contribution < -0.4 is 10.6 Å². The molecule has 136 valence electrons. The number of amides is 3. The average Bonchev–Trinajstić information content (AvgIpc) is 3.24. The molecule has 0 radical (unpaired) electrons. The Kier molecular flexibility index (Phi) is 4.53. The summed E-state index contributed by atoms with van der Waals surface area (Å²) in [6.45, 7) is 4.26. The molecule has 25 heavy (non-hydrogen) atoms. The quantitative estimate of drug-likeness (QED) is 0.831. The van der Waals surface area contributed by atoms with Crippen molar-refractivity contribution < 1.29 is 14.4 Å². The zero-order valence-electron chi connectivity index (χ0n) is 15.0. The maximum Gasteiger partial charge on any atom is 0.273 e. The summed E-state index contributed by atoms with van der Waals surface area (Å²) in [6, 6.07) is 1.66. The first-order valence-corrected chi connectivity index (χ1v) is 8.83. The number of likely N-dealkylation sites (N-methyl/N-ethyl adjacent to an activating group) is 1. The third-order valence-electron chi connectivity index (χ3n) is 5.25. The maximum atomic E-state index is 13.0. The lowest BCUT2D eigenvalue weighted by Gasteiger charge is -2.43. The molecule has 2 N–H and O–H groups in total. The smallest absolute Gasteiger partial charge is 0.273 e. The predicted molar refractivity (Wildman–Crippen MR) is 91.1 cm³/mol. The van der Waals surface area contributed by atoms with Gasteiger partial charge in [-0.15, -0.1) is 0 Å². The molecule has 1 aliphatic heterocycles. The van der Waals surface area contributed by atoms with Crippen molar-refractivity contribution in [2.24, 2.45) is 0 Å². The van der Waals surface area contributed by atoms with Gasteiger partial charge in [0.15, 0.2) is 5.69 Å². The lowest BCUT2D eigenvalue weighted by molar-refractivity contribution is -0.133. The third-order valence-corrected chi connectivity index (χ3v) is 5.25. The monoisotopic (exact) mass is 347 g/mol. The van der Waals surface area contributed by atoms with Gasteiger partial charge in [0, 0.05) is 25.7 Å². The van der Waals surface area contributed by atoms with Crippen molar-refractivity contribution in [2.75, 3.05) is 13.6 Å². The molecule has 1 aromatic heterocycles. The summed E-state index contributed by atoms with van der Waals surface area (Å²) in [4.78, 5) is 39.2. The van der Waals surface area contributed by atoms with Gasteiger partial charge in [0.25, 0.3) is 11.8 Å². The van der Waals surface area contributed by atoms with Crippen molar-refractivity contribution in [3.63, 3.8) is 0 Å². The molecular weight excluding hydrogens is 322 g/mol. The average molecular weight is 347 g/mol. The predicted octanol–water partition coefficient (Wildman–Crippen LogP) is 0.536. The zero-order valence-corrected chi connectivity index (χ0v) is 15.0. The summed E-state index contributed by atoms with van der Waals surface area (Å²) in [6.07, 6.45) is 4.21. The van der Waals surface area contributed by atoms with E-state index in [1.165, 1.54) is 17.8 Å². The highest BCUT2D eigenvalue weighted by atomic mass is 16.2. The van der Waals surface area contributed by atoms with Crippen molar-refractivity contribution in [1.29, 1.82) is 0 Å². The normalized spacial score (nSPS) is 23.5. The summed E-state index contributed by atoms with van der Waals surface area (Å²) >= 11 is 0. The molecule has 2 aliphatic rings. The third kappa shape index (κ3) is 2.89. The number of aromatic nitrogens is 2. The van der Waals surface area contributed by atoms with Crippen LogP contribution in [0.1, 0.15) is 60.5 Å². The Morgan fingerprint density at radius 2 is 2.04 bits per heavy atom. The first-order chi connectivity index (χ1) is 11.9. The Morgan fingerprint density at radius 3 is 2.64 bits per heavy atom. The lowest BCUT2D eigenvalue weighted by Crippen LogP contribution is -2.64. The van der Waals surface area contributed by atoms with Crippen LogP contribution in [0.2, 0.25) is 0 Å². The van der Waals surface area contributed by atoms with E-state index in [-0.39, 0.29) is 36.0 Å². The lowest BCUT2D eigenvalue weighted by atomic mass is 9.94. The highest BCUT2D eigenvalue weighted by molar-refractivity contribution is 6.01. The summed E-state index contributed by atoms with van der Waals surface area (Å²) < 4.78 is 1.48. The molecule has 0 spiro atoms. The minimum absolute atomic E-state index is 0.155. The van der Waals surface area contributed by atoms with E-state index in [2.05, 4.69) is 15.7 Å². The molecule has 1 aromatic rings. The van der Waals surface area contributed by atoms with E-state index in [1.54, 1.807) is 11.8 Å². The Labute approximate surface area is 146 Å². The molecule has 0 saturated heterocycles. The number of nitrogens with one attached hydrogen (secondary N) is 2. The van der Waals surface area contributed by atoms with Crippen LogP contribution in [0.5, 0.6) is 0 Å². The van der Waals surface area contributed by atoms with Crippen LogP contribution in [0, 0.1) is 0 Å². The van der Waals surface area contributed by atoms with Crippen molar-refractivity contribution in [2.45, 2.75) is 57.7 Å². The highest BCUT2D eigenvalue weighted by Crippen LogP contribution is 2.28. The fraction of sp³-hybridized carbons (Fsp3) is 0.647. The second-order valence-corrected chi connectivity index (χ2v) is 6.93. The zero-order chi connectivity index (χ0) is 18.2. The van der Waals surface area contributed by atoms with Gasteiger partial charge in [0.1, 0.15) is 11.2 Å². The molecule has 1 fully saturated rings. The molecule has 2 heterocycles. The second kappa shape index (κ2) is 6.50. The van der Waals surface area contributed by atoms with Gasteiger partial charge in [0.2, 0.25) is 5.91 Å². The number of carbonyl (C=O) groups is 3. The summed E-state index contributed by atoms with van der Waals surface area (Å²) in [7, 11) is 1.51. The first kappa shape index (κ1) is 17.4. The Bertz CT molecular complexity index is 707. The van der Waals surface area contributed by atoms with E-state index >= 15 is 0 Å². The Balaban J connectivity index is 1.91. The topological polar surface area (TPSA) is 96.3 Å². The fourth-order valence-electron chi connectivity index (χ4n) is 3.79. The van der Waals surface area contributed by atoms with Crippen LogP contribution in [0.4, 0.5) is 0 Å². The molecule has 8 nitrogen and oxygen atoms in total. The van der Waals surface area contributed by atoms with Crippen molar-refractivity contribution >= 4 is 17.7 Å². The molecule has 0 bridgehead atoms. The SMILES string of the molecule is CCN1C(=O)c2cc(C(=O)NC)nn2C[C@@]1(C)C(=O)NC1CCCC1. The molecule has 1 aliphatic carbocycles. The van der Waals surface area contributed by atoms with E-state index in [1.807, 2.05) is 6.92 Å². The molecule has 8 heteroatoms. The molecular formula is C17H25N5O3. The molecule has 0 unspecified atom stereocenters. The molecule has 1 saturated carbocycles. The van der Waals surface area contributed by atoms with Crippen molar-refractivity contribution in [1.82, 2.24) is 25.3 Å². The van der Waals surface area contributed by atoms with Crippen LogP contribution in [0.3, 0.4) is 0 Å². The van der Waals surface area contributed by atoms with Crippen molar-refractivity contribution in [3.05, 3.63) is 17.5 Å². The summed E-state index contributed by atoms with van der Waals surface area (Å²) in [5.74, 6) is -0.785. The summed E-state index contributed by atoms with van der Waals surface area (Å²) in [5.41, 5.74) is -0.498. The molecule has 1 atom stereocenters. The van der Waals surface area contributed by atoms with E-state index in [4.69, 9.17) is 0 Å². The largest absolute Gasteiger partial charge is 0.354 e. The van der Waals surface area contributed by atoms with Gasteiger partial charge in [-0.2, -0.15) is 5.10 Å². The van der Waals surface area contributed by atoms with Crippen LogP contribution in [-0.4, -0.2) is 57.6 Å². The van der Waals surface area contributed by atoms with Gasteiger partial charge in [0.05, 0.1) is 6.54 Å².